The first-order chi connectivity index (χ1) is 17.7. The van der Waals surface area contributed by atoms with Crippen molar-refractivity contribution in [3.8, 4) is 22.6 Å². The van der Waals surface area contributed by atoms with E-state index < -0.39 is 6.09 Å². The van der Waals surface area contributed by atoms with Gasteiger partial charge in [-0.25, -0.2) is 4.79 Å². The van der Waals surface area contributed by atoms with E-state index in [1.165, 1.54) is 4.90 Å². The monoisotopic (exact) mass is 512 g/mol. The molecule has 0 aliphatic carbocycles. The van der Waals surface area contributed by atoms with Crippen molar-refractivity contribution >= 4 is 12.0 Å². The molecule has 2 aromatic carbocycles. The van der Waals surface area contributed by atoms with E-state index in [1.54, 1.807) is 13.2 Å². The van der Waals surface area contributed by atoms with Crippen molar-refractivity contribution in [3.05, 3.63) is 48.0 Å². The first kappa shape index (κ1) is 28.3. The number of piperidine rings is 1. The van der Waals surface area contributed by atoms with Crippen LogP contribution in [0.25, 0.3) is 11.1 Å². The van der Waals surface area contributed by atoms with Gasteiger partial charge in [-0.3, -0.25) is 4.79 Å². The number of hydrogen-bond donors (Lipinski definition) is 1. The van der Waals surface area contributed by atoms with Gasteiger partial charge in [-0.2, -0.15) is 0 Å². The molecule has 0 aromatic heterocycles. The average molecular weight is 513 g/mol. The molecule has 3 rings (SSSR count). The van der Waals surface area contributed by atoms with E-state index >= 15 is 0 Å². The van der Waals surface area contributed by atoms with Gasteiger partial charge in [0.2, 0.25) is 0 Å². The Bertz CT molecular complexity index is 1040. The minimum atomic E-state index is -0.951. The molecule has 1 aliphatic rings. The number of likely N-dealkylation sites (tertiary alicyclic amines) is 1. The summed E-state index contributed by atoms with van der Waals surface area (Å²) in [6, 6.07) is 13.1. The van der Waals surface area contributed by atoms with Crippen LogP contribution in [0.5, 0.6) is 11.5 Å². The number of hydrogen-bond acceptors (Lipinski definition) is 5. The Labute approximate surface area is 220 Å². The molecular formula is C29H40N2O6. The largest absolute Gasteiger partial charge is 0.490 e. The van der Waals surface area contributed by atoms with Gasteiger partial charge in [0.1, 0.15) is 0 Å². The molecule has 37 heavy (non-hydrogen) atoms. The first-order valence-corrected chi connectivity index (χ1v) is 13.0. The van der Waals surface area contributed by atoms with Crippen LogP contribution in [-0.2, 0) is 4.74 Å². The standard InChI is InChI=1S/C29H40N2O6/c1-20(2)31(23-13-9-14-30(19-23)29(33)34)28(32)25-18-26(36-16-10-15-35-5)27(37-21(3)4)17-24(25)22-11-7-6-8-12-22/h6-8,11-12,17-18,20-21,23H,9-10,13-16,19H2,1-5H3,(H,33,34)/t23-/m1/s1. The predicted octanol–water partition coefficient (Wildman–Crippen LogP) is 5.55. The van der Waals surface area contributed by atoms with E-state index in [0.29, 0.717) is 56.2 Å². The van der Waals surface area contributed by atoms with Gasteiger partial charge in [0.05, 0.1) is 24.3 Å². The van der Waals surface area contributed by atoms with Crippen molar-refractivity contribution in [3.63, 3.8) is 0 Å². The molecule has 0 radical (unpaired) electrons. The van der Waals surface area contributed by atoms with Crippen LogP contribution < -0.4 is 9.47 Å². The summed E-state index contributed by atoms with van der Waals surface area (Å²) in [6.45, 7) is 9.62. The maximum atomic E-state index is 14.3. The van der Waals surface area contributed by atoms with Gasteiger partial charge >= 0.3 is 6.09 Å². The lowest BCUT2D eigenvalue weighted by atomic mass is 9.95. The smallest absolute Gasteiger partial charge is 0.407 e. The second kappa shape index (κ2) is 13.3. The third kappa shape index (κ3) is 7.38. The molecule has 8 heteroatoms. The van der Waals surface area contributed by atoms with E-state index in [0.717, 1.165) is 17.5 Å². The summed E-state index contributed by atoms with van der Waals surface area (Å²) in [5, 5.41) is 9.57. The molecule has 202 valence electrons. The number of rotatable bonds is 11. The Morgan fingerprint density at radius 2 is 1.81 bits per heavy atom. The van der Waals surface area contributed by atoms with E-state index in [9.17, 15) is 14.7 Å². The highest BCUT2D eigenvalue weighted by Gasteiger charge is 2.34. The van der Waals surface area contributed by atoms with Crippen molar-refractivity contribution in [2.45, 2.75) is 65.1 Å². The summed E-state index contributed by atoms with van der Waals surface area (Å²) < 4.78 is 17.4. The highest BCUT2D eigenvalue weighted by atomic mass is 16.5. The molecule has 0 unspecified atom stereocenters. The van der Waals surface area contributed by atoms with Gasteiger partial charge in [-0.1, -0.05) is 30.3 Å². The van der Waals surface area contributed by atoms with Crippen LogP contribution in [0.4, 0.5) is 4.79 Å². The second-order valence-corrected chi connectivity index (χ2v) is 9.90. The summed E-state index contributed by atoms with van der Waals surface area (Å²) in [4.78, 5) is 29.2. The topological polar surface area (TPSA) is 88.5 Å². The van der Waals surface area contributed by atoms with Gasteiger partial charge in [-0.05, 0) is 63.8 Å². The van der Waals surface area contributed by atoms with Crippen LogP contribution in [0.3, 0.4) is 0 Å². The fraction of sp³-hybridized carbons (Fsp3) is 0.517. The second-order valence-electron chi connectivity index (χ2n) is 9.90. The third-order valence-electron chi connectivity index (χ3n) is 6.36. The van der Waals surface area contributed by atoms with Crippen molar-refractivity contribution in [2.24, 2.45) is 0 Å². The van der Waals surface area contributed by atoms with E-state index in [2.05, 4.69) is 0 Å². The highest BCUT2D eigenvalue weighted by molar-refractivity contribution is 6.02. The summed E-state index contributed by atoms with van der Waals surface area (Å²) >= 11 is 0. The zero-order valence-electron chi connectivity index (χ0n) is 22.6. The van der Waals surface area contributed by atoms with Gasteiger partial charge in [-0.15, -0.1) is 0 Å². The summed E-state index contributed by atoms with van der Waals surface area (Å²) in [5.74, 6) is 0.935. The molecule has 1 atom stereocenters. The van der Waals surface area contributed by atoms with Crippen molar-refractivity contribution in [2.75, 3.05) is 33.4 Å². The lowest BCUT2D eigenvalue weighted by Gasteiger charge is -2.41. The molecule has 1 N–H and O–H groups in total. The molecule has 0 bridgehead atoms. The SMILES string of the molecule is COCCCOc1cc(C(=O)N(C(C)C)[C@@H]2CCCN(C(=O)O)C2)c(-c2ccccc2)cc1OC(C)C. The van der Waals surface area contributed by atoms with E-state index in [-0.39, 0.29) is 24.1 Å². The van der Waals surface area contributed by atoms with Gasteiger partial charge in [0, 0.05) is 39.3 Å². The van der Waals surface area contributed by atoms with Gasteiger partial charge < -0.3 is 29.1 Å². The number of ether oxygens (including phenoxy) is 3. The van der Waals surface area contributed by atoms with Crippen LogP contribution in [0.15, 0.2) is 42.5 Å². The zero-order chi connectivity index (χ0) is 26.9. The molecule has 1 heterocycles. The molecular weight excluding hydrogens is 472 g/mol. The zero-order valence-corrected chi connectivity index (χ0v) is 22.6. The Balaban J connectivity index is 2.08. The summed E-state index contributed by atoms with van der Waals surface area (Å²) in [7, 11) is 1.65. The normalized spacial score (nSPS) is 15.6. The fourth-order valence-electron chi connectivity index (χ4n) is 4.75. The summed E-state index contributed by atoms with van der Waals surface area (Å²) in [6.07, 6.45) is 1.14. The van der Waals surface area contributed by atoms with Crippen molar-refractivity contribution < 1.29 is 28.9 Å². The molecule has 2 aromatic rings. The lowest BCUT2D eigenvalue weighted by Crippen LogP contribution is -2.53. The van der Waals surface area contributed by atoms with Crippen LogP contribution in [-0.4, -0.2) is 78.5 Å². The predicted molar refractivity (Wildman–Crippen MR) is 144 cm³/mol. The lowest BCUT2D eigenvalue weighted by molar-refractivity contribution is 0.0450. The Morgan fingerprint density at radius 1 is 1.08 bits per heavy atom. The number of carbonyl (C=O) groups is 2. The quantitative estimate of drug-likeness (QED) is 0.397. The van der Waals surface area contributed by atoms with Crippen molar-refractivity contribution in [1.29, 1.82) is 0 Å². The van der Waals surface area contributed by atoms with E-state index in [4.69, 9.17) is 14.2 Å². The molecule has 0 saturated carbocycles. The minimum Gasteiger partial charge on any atom is -0.490 e. The molecule has 0 spiro atoms. The minimum absolute atomic E-state index is 0.0806. The summed E-state index contributed by atoms with van der Waals surface area (Å²) in [5.41, 5.74) is 2.15. The number of carbonyl (C=O) groups excluding carboxylic acids is 1. The number of benzene rings is 2. The van der Waals surface area contributed by atoms with Crippen molar-refractivity contribution in [1.82, 2.24) is 9.80 Å². The first-order valence-electron chi connectivity index (χ1n) is 13.0. The third-order valence-corrected chi connectivity index (χ3v) is 6.36. The van der Waals surface area contributed by atoms with Crippen LogP contribution >= 0.6 is 0 Å². The number of amides is 2. The number of nitrogens with zero attached hydrogens (tertiary/aromatic N) is 2. The van der Waals surface area contributed by atoms with Crippen LogP contribution in [0.1, 0.15) is 57.3 Å². The molecule has 1 aliphatic heterocycles. The molecule has 1 fully saturated rings. The molecule has 8 nitrogen and oxygen atoms in total. The maximum absolute atomic E-state index is 14.3. The number of methoxy groups -OCH3 is 1. The average Bonchev–Trinajstić information content (AvgIpc) is 2.87. The number of carboxylic acid groups (broad SMARTS) is 1. The van der Waals surface area contributed by atoms with E-state index in [1.807, 2.05) is 69.0 Å². The Kier molecular flexibility index (Phi) is 10.2. The Morgan fingerprint density at radius 3 is 2.43 bits per heavy atom. The fourth-order valence-corrected chi connectivity index (χ4v) is 4.75. The maximum Gasteiger partial charge on any atom is 0.407 e. The van der Waals surface area contributed by atoms with Gasteiger partial charge in [0.15, 0.2) is 11.5 Å². The molecule has 1 saturated heterocycles. The van der Waals surface area contributed by atoms with Crippen LogP contribution in [0, 0.1) is 0 Å². The van der Waals surface area contributed by atoms with Gasteiger partial charge in [0.25, 0.3) is 5.91 Å². The Hall–Kier alpha value is -3.26. The highest BCUT2D eigenvalue weighted by Crippen LogP contribution is 2.38. The molecule has 2 amide bonds. The van der Waals surface area contributed by atoms with Crippen LogP contribution in [0.2, 0.25) is 0 Å².